The van der Waals surface area contributed by atoms with E-state index in [2.05, 4.69) is 60.9 Å². The van der Waals surface area contributed by atoms with Gasteiger partial charge in [-0.3, -0.25) is 10.3 Å². The first-order chi connectivity index (χ1) is 12.5. The molecule has 1 N–H and O–H groups in total. The minimum Gasteiger partial charge on any atom is -0.492 e. The van der Waals surface area contributed by atoms with E-state index in [0.717, 1.165) is 44.0 Å². The van der Waals surface area contributed by atoms with Gasteiger partial charge in [-0.25, -0.2) is 0 Å². The van der Waals surface area contributed by atoms with Crippen LogP contribution < -0.4 is 4.74 Å². The smallest absolute Gasteiger partial charge is 0.128 e. The minimum atomic E-state index is 0. The zero-order valence-corrected chi connectivity index (χ0v) is 18.5. The highest BCUT2D eigenvalue weighted by Gasteiger charge is 2.19. The predicted molar refractivity (Wildman–Crippen MR) is 122 cm³/mol. The average molecular weight is 424 g/mol. The number of benzene rings is 2. The maximum absolute atomic E-state index is 8.44. The summed E-state index contributed by atoms with van der Waals surface area (Å²) in [6.07, 6.45) is 0. The van der Waals surface area contributed by atoms with Crippen LogP contribution in [0.1, 0.15) is 22.3 Å². The second kappa shape index (κ2) is 11.3. The molecule has 154 valence electrons. The van der Waals surface area contributed by atoms with E-state index in [9.17, 15) is 0 Å². The average Bonchev–Trinajstić information content (AvgIpc) is 2.65. The number of rotatable bonds is 5. The fourth-order valence-corrected chi connectivity index (χ4v) is 3.39. The van der Waals surface area contributed by atoms with Gasteiger partial charge in [0, 0.05) is 38.3 Å². The number of nitrogens with zero attached hydrogens (tertiary/aromatic N) is 2. The molecule has 0 saturated carbocycles. The summed E-state index contributed by atoms with van der Waals surface area (Å²) in [5.41, 5.74) is 4.63. The van der Waals surface area contributed by atoms with Crippen molar-refractivity contribution in [2.24, 2.45) is 0 Å². The molecule has 28 heavy (non-hydrogen) atoms. The van der Waals surface area contributed by atoms with Gasteiger partial charge in [-0.05, 0) is 31.9 Å². The Morgan fingerprint density at radius 2 is 1.46 bits per heavy atom. The molecule has 0 bridgehead atoms. The third-order valence-corrected chi connectivity index (χ3v) is 5.08. The molecule has 3 rings (SSSR count). The summed E-state index contributed by atoms with van der Waals surface area (Å²) in [7, 11) is 0. The predicted octanol–water partition coefficient (Wildman–Crippen LogP) is 4.48. The van der Waals surface area contributed by atoms with Crippen LogP contribution in [0.2, 0.25) is 0 Å². The molecule has 2 aromatic carbocycles. The Kier molecular flexibility index (Phi) is 9.80. The van der Waals surface area contributed by atoms with E-state index < -0.39 is 0 Å². The van der Waals surface area contributed by atoms with Crippen molar-refractivity contribution in [1.82, 2.24) is 9.80 Å². The van der Waals surface area contributed by atoms with Crippen LogP contribution in [0.25, 0.3) is 0 Å². The largest absolute Gasteiger partial charge is 0.492 e. The van der Waals surface area contributed by atoms with Crippen LogP contribution in [0.3, 0.4) is 0 Å². The van der Waals surface area contributed by atoms with E-state index in [1.807, 2.05) is 12.1 Å². The van der Waals surface area contributed by atoms with Gasteiger partial charge in [-0.2, -0.15) is 0 Å². The van der Waals surface area contributed by atoms with E-state index in [0.29, 0.717) is 12.4 Å². The van der Waals surface area contributed by atoms with Crippen molar-refractivity contribution >= 4 is 30.6 Å². The Morgan fingerprint density at radius 3 is 2.04 bits per heavy atom. The van der Waals surface area contributed by atoms with Gasteiger partial charge >= 0.3 is 0 Å². The van der Waals surface area contributed by atoms with E-state index in [4.69, 9.17) is 10.1 Å². The van der Waals surface area contributed by atoms with Gasteiger partial charge in [-0.1, -0.05) is 48.0 Å². The van der Waals surface area contributed by atoms with Crippen LogP contribution in [0.4, 0.5) is 0 Å². The number of nitrogens with one attached hydrogen (secondary N) is 1. The standard InChI is InChI=1S/C22H29N3O.2ClH/c1-17-7-9-20(10-8-17)22(23)25-13-11-24(12-14-25)15-16-26-21-18(2)5-4-6-19(21)3;;/h4-10,23H,11-16H2,1-3H3;2*1H. The molecule has 0 aromatic heterocycles. The Morgan fingerprint density at radius 1 is 0.893 bits per heavy atom. The Hall–Kier alpha value is -1.75. The minimum absolute atomic E-state index is 0. The fraction of sp³-hybridized carbons (Fsp3) is 0.409. The second-order valence-corrected chi connectivity index (χ2v) is 7.11. The number of halogens is 2. The number of para-hydroxylation sites is 1. The monoisotopic (exact) mass is 423 g/mol. The van der Waals surface area contributed by atoms with Gasteiger partial charge < -0.3 is 9.64 Å². The highest BCUT2D eigenvalue weighted by Crippen LogP contribution is 2.22. The zero-order chi connectivity index (χ0) is 18.5. The topological polar surface area (TPSA) is 39.6 Å². The van der Waals surface area contributed by atoms with Crippen molar-refractivity contribution in [3.63, 3.8) is 0 Å². The molecular weight excluding hydrogens is 393 g/mol. The number of aryl methyl sites for hydroxylation is 3. The van der Waals surface area contributed by atoms with E-state index in [1.165, 1.54) is 16.7 Å². The Balaban J connectivity index is 0.00000196. The maximum atomic E-state index is 8.44. The van der Waals surface area contributed by atoms with Crippen molar-refractivity contribution in [3.8, 4) is 5.75 Å². The third-order valence-electron chi connectivity index (χ3n) is 5.08. The van der Waals surface area contributed by atoms with Gasteiger partial charge in [0.2, 0.25) is 0 Å². The van der Waals surface area contributed by atoms with E-state index in [1.54, 1.807) is 0 Å². The molecular formula is C22H31Cl2N3O. The quantitative estimate of drug-likeness (QED) is 0.569. The van der Waals surface area contributed by atoms with Gasteiger partial charge in [0.05, 0.1) is 0 Å². The summed E-state index contributed by atoms with van der Waals surface area (Å²) >= 11 is 0. The number of ether oxygens (including phenoxy) is 1. The number of piperazine rings is 1. The SMILES string of the molecule is Cc1ccc(C(=N)N2CCN(CCOc3c(C)cccc3C)CC2)cc1.Cl.Cl. The lowest BCUT2D eigenvalue weighted by atomic mass is 10.1. The van der Waals surface area contributed by atoms with Crippen molar-refractivity contribution in [2.75, 3.05) is 39.3 Å². The molecule has 2 aromatic rings. The van der Waals surface area contributed by atoms with Crippen LogP contribution in [-0.4, -0.2) is 55.0 Å². The molecule has 1 aliphatic rings. The number of amidine groups is 1. The highest BCUT2D eigenvalue weighted by molar-refractivity contribution is 5.96. The Bertz CT molecular complexity index is 737. The maximum Gasteiger partial charge on any atom is 0.128 e. The summed E-state index contributed by atoms with van der Waals surface area (Å²) in [4.78, 5) is 4.60. The summed E-state index contributed by atoms with van der Waals surface area (Å²) < 4.78 is 6.03. The molecule has 0 aliphatic carbocycles. The van der Waals surface area contributed by atoms with Crippen LogP contribution >= 0.6 is 24.8 Å². The lowest BCUT2D eigenvalue weighted by molar-refractivity contribution is 0.153. The summed E-state index contributed by atoms with van der Waals surface area (Å²) in [5.74, 6) is 1.66. The third kappa shape index (κ3) is 6.13. The molecule has 0 atom stereocenters. The molecule has 0 radical (unpaired) electrons. The molecule has 4 nitrogen and oxygen atoms in total. The molecule has 6 heteroatoms. The van der Waals surface area contributed by atoms with Crippen molar-refractivity contribution in [3.05, 3.63) is 64.7 Å². The fourth-order valence-electron chi connectivity index (χ4n) is 3.39. The van der Waals surface area contributed by atoms with Crippen LogP contribution in [0.15, 0.2) is 42.5 Å². The van der Waals surface area contributed by atoms with Crippen molar-refractivity contribution < 1.29 is 4.74 Å². The van der Waals surface area contributed by atoms with E-state index in [-0.39, 0.29) is 24.8 Å². The Labute approximate surface area is 181 Å². The first-order valence-corrected chi connectivity index (χ1v) is 9.36. The van der Waals surface area contributed by atoms with Crippen LogP contribution in [-0.2, 0) is 0 Å². The normalized spacial score (nSPS) is 14.0. The van der Waals surface area contributed by atoms with Crippen molar-refractivity contribution in [1.29, 1.82) is 5.41 Å². The highest BCUT2D eigenvalue weighted by atomic mass is 35.5. The van der Waals surface area contributed by atoms with Crippen molar-refractivity contribution in [2.45, 2.75) is 20.8 Å². The second-order valence-electron chi connectivity index (χ2n) is 7.11. The van der Waals surface area contributed by atoms with Gasteiger partial charge in [0.1, 0.15) is 18.2 Å². The first kappa shape index (κ1) is 24.3. The molecule has 1 aliphatic heterocycles. The molecule has 0 unspecified atom stereocenters. The summed E-state index contributed by atoms with van der Waals surface area (Å²) in [6.45, 7) is 11.7. The molecule has 0 amide bonds. The molecule has 1 fully saturated rings. The van der Waals surface area contributed by atoms with Gasteiger partial charge in [0.15, 0.2) is 0 Å². The molecule has 0 spiro atoms. The lowest BCUT2D eigenvalue weighted by Gasteiger charge is -2.36. The van der Waals surface area contributed by atoms with Gasteiger partial charge in [0.25, 0.3) is 0 Å². The summed E-state index contributed by atoms with van der Waals surface area (Å²) in [6, 6.07) is 14.5. The molecule has 1 heterocycles. The molecule has 1 saturated heterocycles. The zero-order valence-electron chi connectivity index (χ0n) is 16.9. The van der Waals surface area contributed by atoms with Gasteiger partial charge in [-0.15, -0.1) is 24.8 Å². The van der Waals surface area contributed by atoms with Crippen LogP contribution in [0, 0.1) is 26.2 Å². The first-order valence-electron chi connectivity index (χ1n) is 9.36. The number of hydrogen-bond donors (Lipinski definition) is 1. The lowest BCUT2D eigenvalue weighted by Crippen LogP contribution is -2.49. The number of hydrogen-bond acceptors (Lipinski definition) is 3. The van der Waals surface area contributed by atoms with Crippen LogP contribution in [0.5, 0.6) is 5.75 Å². The summed E-state index contributed by atoms with van der Waals surface area (Å²) in [5, 5.41) is 8.44. The van der Waals surface area contributed by atoms with E-state index >= 15 is 0 Å².